The third kappa shape index (κ3) is 3.34. The van der Waals surface area contributed by atoms with Crippen LogP contribution >= 0.6 is 35.6 Å². The van der Waals surface area contributed by atoms with E-state index in [1.165, 1.54) is 11.8 Å². The first kappa shape index (κ1) is 16.2. The van der Waals surface area contributed by atoms with Crippen LogP contribution in [0.4, 0.5) is 0 Å². The Morgan fingerprint density at radius 1 is 1.13 bits per heavy atom. The van der Waals surface area contributed by atoms with Gasteiger partial charge < -0.3 is 0 Å². The molecule has 1 atom stereocenters. The maximum Gasteiger partial charge on any atom is 0.266 e. The molecule has 5 heteroatoms. The van der Waals surface area contributed by atoms with Crippen molar-refractivity contribution < 1.29 is 4.79 Å². The third-order valence-electron chi connectivity index (χ3n) is 3.68. The average molecular weight is 360 g/mol. The number of benzene rings is 2. The monoisotopic (exact) mass is 359 g/mol. The number of hydrogen-bond donors (Lipinski definition) is 0. The van der Waals surface area contributed by atoms with Gasteiger partial charge in [0.25, 0.3) is 5.91 Å². The maximum atomic E-state index is 12.8. The molecule has 0 N–H and O–H groups in total. The molecular formula is C18H14ClNOS2. The van der Waals surface area contributed by atoms with Crippen molar-refractivity contribution in [3.8, 4) is 0 Å². The lowest BCUT2D eigenvalue weighted by Crippen LogP contribution is -2.30. The predicted octanol–water partition coefficient (Wildman–Crippen LogP) is 5.30. The summed E-state index contributed by atoms with van der Waals surface area (Å²) >= 11 is 12.9. The summed E-state index contributed by atoms with van der Waals surface area (Å²) in [6, 6.07) is 17.2. The summed E-state index contributed by atoms with van der Waals surface area (Å²) < 4.78 is 0.574. The lowest BCUT2D eigenvalue weighted by atomic mass is 10.1. The lowest BCUT2D eigenvalue weighted by molar-refractivity contribution is -0.123. The van der Waals surface area contributed by atoms with Gasteiger partial charge in [0, 0.05) is 5.02 Å². The van der Waals surface area contributed by atoms with Crippen molar-refractivity contribution in [1.29, 1.82) is 0 Å². The molecule has 2 aromatic rings. The van der Waals surface area contributed by atoms with E-state index >= 15 is 0 Å². The first-order valence-corrected chi connectivity index (χ1v) is 8.75. The maximum absolute atomic E-state index is 12.8. The van der Waals surface area contributed by atoms with Crippen molar-refractivity contribution in [2.45, 2.75) is 13.0 Å². The fraction of sp³-hybridized carbons (Fsp3) is 0.111. The second-order valence-corrected chi connectivity index (χ2v) is 7.24. The summed E-state index contributed by atoms with van der Waals surface area (Å²) in [5, 5.41) is 0.619. The second kappa shape index (κ2) is 6.87. The van der Waals surface area contributed by atoms with Gasteiger partial charge in [-0.05, 0) is 30.2 Å². The molecule has 1 amide bonds. The molecule has 116 valence electrons. The zero-order valence-corrected chi connectivity index (χ0v) is 14.8. The van der Waals surface area contributed by atoms with Gasteiger partial charge in [0.05, 0.1) is 10.9 Å². The van der Waals surface area contributed by atoms with E-state index < -0.39 is 0 Å². The molecule has 0 bridgehead atoms. The minimum atomic E-state index is -0.0964. The van der Waals surface area contributed by atoms with Crippen molar-refractivity contribution in [2.75, 3.05) is 0 Å². The summed E-state index contributed by atoms with van der Waals surface area (Å²) in [4.78, 5) is 15.0. The Labute approximate surface area is 150 Å². The van der Waals surface area contributed by atoms with E-state index in [-0.39, 0.29) is 11.9 Å². The highest BCUT2D eigenvalue weighted by molar-refractivity contribution is 8.26. The van der Waals surface area contributed by atoms with Gasteiger partial charge in [-0.25, -0.2) is 0 Å². The predicted molar refractivity (Wildman–Crippen MR) is 101 cm³/mol. The summed E-state index contributed by atoms with van der Waals surface area (Å²) in [5.41, 5.74) is 1.88. The van der Waals surface area contributed by atoms with Gasteiger partial charge in [-0.3, -0.25) is 9.69 Å². The third-order valence-corrected chi connectivity index (χ3v) is 5.36. The summed E-state index contributed by atoms with van der Waals surface area (Å²) in [5.74, 6) is -0.0729. The van der Waals surface area contributed by atoms with E-state index in [4.69, 9.17) is 23.8 Å². The van der Waals surface area contributed by atoms with E-state index in [9.17, 15) is 4.79 Å². The van der Waals surface area contributed by atoms with E-state index in [2.05, 4.69) is 0 Å². The molecule has 1 unspecified atom stereocenters. The molecule has 0 aromatic heterocycles. The summed E-state index contributed by atoms with van der Waals surface area (Å²) in [6.07, 6.45) is 1.80. The molecule has 0 spiro atoms. The second-order valence-electron chi connectivity index (χ2n) is 5.16. The topological polar surface area (TPSA) is 20.3 Å². The van der Waals surface area contributed by atoms with Crippen molar-refractivity contribution in [2.24, 2.45) is 0 Å². The van der Waals surface area contributed by atoms with Crippen LogP contribution in [-0.2, 0) is 4.79 Å². The van der Waals surface area contributed by atoms with E-state index in [0.29, 0.717) is 14.2 Å². The number of nitrogens with zero attached hydrogens (tertiary/aromatic N) is 1. The zero-order valence-electron chi connectivity index (χ0n) is 12.4. The quantitative estimate of drug-likeness (QED) is 0.547. The molecule has 2 nitrogen and oxygen atoms in total. The number of rotatable bonds is 3. The van der Waals surface area contributed by atoms with Crippen LogP contribution in [0.1, 0.15) is 24.1 Å². The minimum Gasteiger partial charge on any atom is -0.286 e. The molecule has 0 aliphatic carbocycles. The number of amides is 1. The standard InChI is InChI=1S/C18H14ClNOS2/c1-12(13-7-3-2-4-8-13)20-17(21)16(23-18(20)22)11-14-9-5-6-10-15(14)19/h2-12H,1H3/b16-11+. The molecule has 0 saturated carbocycles. The van der Waals surface area contributed by atoms with Gasteiger partial charge >= 0.3 is 0 Å². The van der Waals surface area contributed by atoms with Crippen molar-refractivity contribution >= 4 is 51.9 Å². The number of thioether (sulfide) groups is 1. The van der Waals surface area contributed by atoms with Gasteiger partial charge in [0.15, 0.2) is 0 Å². The average Bonchev–Trinajstić information content (AvgIpc) is 2.84. The van der Waals surface area contributed by atoms with Gasteiger partial charge in [-0.2, -0.15) is 0 Å². The fourth-order valence-electron chi connectivity index (χ4n) is 2.43. The van der Waals surface area contributed by atoms with Crippen LogP contribution in [0.25, 0.3) is 6.08 Å². The number of thiocarbonyl (C=S) groups is 1. The normalized spacial score (nSPS) is 17.8. The zero-order chi connectivity index (χ0) is 16.4. The van der Waals surface area contributed by atoms with E-state index in [1.807, 2.05) is 55.5 Å². The van der Waals surface area contributed by atoms with Crippen molar-refractivity contribution in [1.82, 2.24) is 4.90 Å². The molecule has 23 heavy (non-hydrogen) atoms. The van der Waals surface area contributed by atoms with Crippen molar-refractivity contribution in [3.05, 3.63) is 75.7 Å². The molecule has 1 aliphatic heterocycles. The number of carbonyl (C=O) groups is 1. The van der Waals surface area contributed by atoms with Gasteiger partial charge in [-0.15, -0.1) is 0 Å². The van der Waals surface area contributed by atoms with Crippen molar-refractivity contribution in [3.63, 3.8) is 0 Å². The van der Waals surface area contributed by atoms with Gasteiger partial charge in [0.1, 0.15) is 4.32 Å². The van der Waals surface area contributed by atoms with Crippen LogP contribution in [0.2, 0.25) is 5.02 Å². The van der Waals surface area contributed by atoms with Crippen LogP contribution in [0.3, 0.4) is 0 Å². The fourth-order valence-corrected chi connectivity index (χ4v) is 4.03. The van der Waals surface area contributed by atoms with Gasteiger partial charge in [-0.1, -0.05) is 84.1 Å². The summed E-state index contributed by atoms with van der Waals surface area (Å²) in [6.45, 7) is 1.98. The van der Waals surface area contributed by atoms with Crippen LogP contribution in [0.5, 0.6) is 0 Å². The Morgan fingerprint density at radius 3 is 2.48 bits per heavy atom. The molecule has 2 aromatic carbocycles. The van der Waals surface area contributed by atoms with Gasteiger partial charge in [0.2, 0.25) is 0 Å². The highest BCUT2D eigenvalue weighted by Crippen LogP contribution is 2.38. The van der Waals surface area contributed by atoms with Crippen LogP contribution in [-0.4, -0.2) is 15.1 Å². The number of hydrogen-bond acceptors (Lipinski definition) is 3. The van der Waals surface area contributed by atoms with Crippen LogP contribution < -0.4 is 0 Å². The molecular weight excluding hydrogens is 346 g/mol. The van der Waals surface area contributed by atoms with Crippen LogP contribution in [0.15, 0.2) is 59.5 Å². The smallest absolute Gasteiger partial charge is 0.266 e. The summed E-state index contributed by atoms with van der Waals surface area (Å²) in [7, 11) is 0. The molecule has 1 aliphatic rings. The molecule has 0 radical (unpaired) electrons. The van der Waals surface area contributed by atoms with Crippen LogP contribution in [0, 0.1) is 0 Å². The Bertz CT molecular complexity index is 789. The molecule has 3 rings (SSSR count). The molecule has 1 fully saturated rings. The Hall–Kier alpha value is -1.62. The Kier molecular flexibility index (Phi) is 4.85. The molecule has 1 heterocycles. The first-order chi connectivity index (χ1) is 11.1. The SMILES string of the molecule is CC(c1ccccc1)N1C(=O)/C(=C\c2ccccc2Cl)SC1=S. The number of halogens is 1. The first-order valence-electron chi connectivity index (χ1n) is 7.14. The highest BCUT2D eigenvalue weighted by Gasteiger charge is 2.35. The lowest BCUT2D eigenvalue weighted by Gasteiger charge is -2.23. The Morgan fingerprint density at radius 2 is 1.78 bits per heavy atom. The number of carbonyl (C=O) groups excluding carboxylic acids is 1. The van der Waals surface area contributed by atoms with E-state index in [1.54, 1.807) is 17.0 Å². The Balaban J connectivity index is 1.90. The minimum absolute atomic E-state index is 0.0729. The molecule has 1 saturated heterocycles. The largest absolute Gasteiger partial charge is 0.286 e. The highest BCUT2D eigenvalue weighted by atomic mass is 35.5. The van der Waals surface area contributed by atoms with E-state index in [0.717, 1.165) is 11.1 Å².